The van der Waals surface area contributed by atoms with Gasteiger partial charge in [0.05, 0.1) is 6.07 Å². The van der Waals surface area contributed by atoms with E-state index in [4.69, 9.17) is 5.26 Å². The fraction of sp³-hybridized carbons (Fsp3) is 0.500. The van der Waals surface area contributed by atoms with Crippen molar-refractivity contribution in [1.82, 2.24) is 10.3 Å². The number of amides is 1. The molecule has 1 saturated carbocycles. The lowest BCUT2D eigenvalue weighted by atomic mass is 9.83. The van der Waals surface area contributed by atoms with Gasteiger partial charge in [0.1, 0.15) is 0 Å². The molecule has 0 atom stereocenters. The molecular weight excluding hydrogens is 245 g/mol. The van der Waals surface area contributed by atoms with Crippen LogP contribution in [-0.4, -0.2) is 17.4 Å². The molecule has 4 nitrogen and oxygen atoms in total. The van der Waals surface area contributed by atoms with E-state index >= 15 is 0 Å². The van der Waals surface area contributed by atoms with Crippen molar-refractivity contribution in [2.75, 3.05) is 6.54 Å². The van der Waals surface area contributed by atoms with Crippen molar-refractivity contribution >= 4 is 5.91 Å². The van der Waals surface area contributed by atoms with Crippen LogP contribution in [0.2, 0.25) is 0 Å². The Bertz CT molecular complexity index is 490. The highest BCUT2D eigenvalue weighted by Crippen LogP contribution is 2.27. The van der Waals surface area contributed by atoms with Crippen LogP contribution in [-0.2, 0) is 0 Å². The smallest absolute Gasteiger partial charge is 0.251 e. The highest BCUT2D eigenvalue weighted by molar-refractivity contribution is 5.93. The van der Waals surface area contributed by atoms with Gasteiger partial charge in [-0.05, 0) is 37.7 Å². The van der Waals surface area contributed by atoms with E-state index < -0.39 is 5.95 Å². The van der Waals surface area contributed by atoms with E-state index in [0.717, 1.165) is 31.7 Å². The van der Waals surface area contributed by atoms with Crippen molar-refractivity contribution in [3.8, 4) is 6.07 Å². The first kappa shape index (κ1) is 13.5. The Morgan fingerprint density at radius 1 is 1.47 bits per heavy atom. The van der Waals surface area contributed by atoms with Crippen LogP contribution in [0, 0.1) is 29.1 Å². The summed E-state index contributed by atoms with van der Waals surface area (Å²) >= 11 is 0. The van der Waals surface area contributed by atoms with Gasteiger partial charge in [-0.15, -0.1) is 0 Å². The molecule has 1 aromatic rings. The fourth-order valence-corrected chi connectivity index (χ4v) is 2.38. The summed E-state index contributed by atoms with van der Waals surface area (Å²) < 4.78 is 12.9. The van der Waals surface area contributed by atoms with Gasteiger partial charge in [-0.25, -0.2) is 4.98 Å². The van der Waals surface area contributed by atoms with Crippen LogP contribution >= 0.6 is 0 Å². The summed E-state index contributed by atoms with van der Waals surface area (Å²) in [4.78, 5) is 15.2. The number of nitrogens with zero attached hydrogens (tertiary/aromatic N) is 2. The zero-order chi connectivity index (χ0) is 13.7. The van der Waals surface area contributed by atoms with Crippen LogP contribution in [0.25, 0.3) is 0 Å². The molecule has 5 heteroatoms. The number of carbonyl (C=O) groups is 1. The maximum absolute atomic E-state index is 12.9. The average Bonchev–Trinajstić information content (AvgIpc) is 2.45. The Morgan fingerprint density at radius 2 is 2.21 bits per heavy atom. The second-order valence-electron chi connectivity index (χ2n) is 4.92. The zero-order valence-electron chi connectivity index (χ0n) is 10.6. The first-order valence-electron chi connectivity index (χ1n) is 6.48. The molecule has 2 rings (SSSR count). The highest BCUT2D eigenvalue weighted by Gasteiger charge is 2.21. The van der Waals surface area contributed by atoms with Crippen LogP contribution in [0.1, 0.15) is 36.0 Å². The Hall–Kier alpha value is -1.96. The molecule has 0 bridgehead atoms. The summed E-state index contributed by atoms with van der Waals surface area (Å²) in [5, 5.41) is 11.6. The van der Waals surface area contributed by atoms with E-state index in [1.54, 1.807) is 0 Å². The van der Waals surface area contributed by atoms with Crippen LogP contribution in [0.15, 0.2) is 18.3 Å². The van der Waals surface area contributed by atoms with Gasteiger partial charge >= 0.3 is 0 Å². The average molecular weight is 261 g/mol. The van der Waals surface area contributed by atoms with Crippen LogP contribution in [0.4, 0.5) is 4.39 Å². The maximum Gasteiger partial charge on any atom is 0.251 e. The summed E-state index contributed by atoms with van der Waals surface area (Å²) in [6.45, 7) is 0.584. The van der Waals surface area contributed by atoms with Crippen molar-refractivity contribution in [2.45, 2.75) is 25.7 Å². The van der Waals surface area contributed by atoms with E-state index in [2.05, 4.69) is 16.4 Å². The van der Waals surface area contributed by atoms with Crippen LogP contribution in [0.3, 0.4) is 0 Å². The number of halogens is 1. The fourth-order valence-electron chi connectivity index (χ4n) is 2.38. The third kappa shape index (κ3) is 3.75. The number of hydrogen-bond donors (Lipinski definition) is 1. The molecular formula is C14H16FN3O. The predicted molar refractivity (Wildman–Crippen MR) is 67.6 cm³/mol. The molecule has 1 fully saturated rings. The van der Waals surface area contributed by atoms with Gasteiger partial charge in [0.15, 0.2) is 0 Å². The number of pyridine rings is 1. The number of rotatable bonds is 3. The van der Waals surface area contributed by atoms with E-state index in [1.807, 2.05) is 0 Å². The first-order valence-corrected chi connectivity index (χ1v) is 6.48. The molecule has 1 aromatic heterocycles. The van der Waals surface area contributed by atoms with Crippen molar-refractivity contribution in [3.05, 3.63) is 29.8 Å². The Kier molecular flexibility index (Phi) is 4.45. The van der Waals surface area contributed by atoms with Gasteiger partial charge in [-0.2, -0.15) is 9.65 Å². The molecule has 0 spiro atoms. The molecule has 100 valence electrons. The molecule has 0 unspecified atom stereocenters. The summed E-state index contributed by atoms with van der Waals surface area (Å²) in [7, 11) is 0. The molecule has 0 saturated heterocycles. The van der Waals surface area contributed by atoms with E-state index in [0.29, 0.717) is 18.0 Å². The summed E-state index contributed by atoms with van der Waals surface area (Å²) in [6, 6.07) is 4.90. The third-order valence-electron chi connectivity index (χ3n) is 3.57. The molecule has 19 heavy (non-hydrogen) atoms. The lowest BCUT2D eigenvalue weighted by Gasteiger charge is -2.24. The van der Waals surface area contributed by atoms with Gasteiger partial charge in [-0.3, -0.25) is 4.79 Å². The lowest BCUT2D eigenvalue weighted by Crippen LogP contribution is -2.31. The number of nitriles is 1. The molecule has 1 heterocycles. The number of aromatic nitrogens is 1. The zero-order valence-corrected chi connectivity index (χ0v) is 10.6. The monoisotopic (exact) mass is 261 g/mol. The second-order valence-corrected chi connectivity index (χ2v) is 4.92. The van der Waals surface area contributed by atoms with E-state index in [1.165, 1.54) is 12.3 Å². The first-order chi connectivity index (χ1) is 9.19. The van der Waals surface area contributed by atoms with Gasteiger partial charge in [-0.1, -0.05) is 0 Å². The van der Waals surface area contributed by atoms with Crippen molar-refractivity contribution in [2.24, 2.45) is 11.8 Å². The third-order valence-corrected chi connectivity index (χ3v) is 3.57. The molecule has 1 N–H and O–H groups in total. The minimum Gasteiger partial charge on any atom is -0.352 e. The van der Waals surface area contributed by atoms with E-state index in [9.17, 15) is 9.18 Å². The van der Waals surface area contributed by atoms with Crippen LogP contribution < -0.4 is 5.32 Å². The van der Waals surface area contributed by atoms with Crippen LogP contribution in [0.5, 0.6) is 0 Å². The summed E-state index contributed by atoms with van der Waals surface area (Å²) in [6.07, 6.45) is 5.01. The van der Waals surface area contributed by atoms with Gasteiger partial charge in [0.25, 0.3) is 5.91 Å². The molecule has 1 aliphatic rings. The molecule has 0 aromatic carbocycles. The largest absolute Gasteiger partial charge is 0.352 e. The normalized spacial score (nSPS) is 22.5. The molecule has 1 amide bonds. The Labute approximate surface area is 111 Å². The number of carbonyl (C=O) groups excluding carboxylic acids is 1. The number of nitrogens with one attached hydrogen (secondary N) is 1. The minimum absolute atomic E-state index is 0.168. The standard InChI is InChI=1S/C14H16FN3O/c15-13-7-12(5-6-17-13)14(19)18-9-11-3-1-10(8-16)2-4-11/h5-7,10-11H,1-4,9H2,(H,18,19)/t10-,11-. The van der Waals surface area contributed by atoms with Gasteiger partial charge in [0.2, 0.25) is 5.95 Å². The summed E-state index contributed by atoms with van der Waals surface area (Å²) in [5.74, 6) is -0.340. The number of hydrogen-bond acceptors (Lipinski definition) is 3. The quantitative estimate of drug-likeness (QED) is 0.849. The van der Waals surface area contributed by atoms with Crippen molar-refractivity contribution < 1.29 is 9.18 Å². The van der Waals surface area contributed by atoms with Gasteiger partial charge < -0.3 is 5.32 Å². The second kappa shape index (κ2) is 6.28. The highest BCUT2D eigenvalue weighted by atomic mass is 19.1. The Balaban J connectivity index is 1.80. The molecule has 1 aliphatic carbocycles. The SMILES string of the molecule is N#C[C@H]1CC[C@H](CNC(=O)c2ccnc(F)c2)CC1. The minimum atomic E-state index is -0.651. The van der Waals surface area contributed by atoms with Crippen molar-refractivity contribution in [3.63, 3.8) is 0 Å². The topological polar surface area (TPSA) is 65.8 Å². The molecule has 0 radical (unpaired) electrons. The summed E-state index contributed by atoms with van der Waals surface area (Å²) in [5.41, 5.74) is 0.290. The molecule has 0 aliphatic heterocycles. The lowest BCUT2D eigenvalue weighted by molar-refractivity contribution is 0.0942. The predicted octanol–water partition coefficient (Wildman–Crippen LogP) is 2.28. The van der Waals surface area contributed by atoms with E-state index in [-0.39, 0.29) is 11.8 Å². The maximum atomic E-state index is 12.9. The Morgan fingerprint density at radius 3 is 2.84 bits per heavy atom. The van der Waals surface area contributed by atoms with Gasteiger partial charge in [0, 0.05) is 30.3 Å². The van der Waals surface area contributed by atoms with Crippen molar-refractivity contribution in [1.29, 1.82) is 5.26 Å².